The summed E-state index contributed by atoms with van der Waals surface area (Å²) in [5.74, 6) is 0.286. The minimum absolute atomic E-state index is 0.145. The zero-order chi connectivity index (χ0) is 20.9. The van der Waals surface area contributed by atoms with Crippen LogP contribution >= 0.6 is 0 Å². The van der Waals surface area contributed by atoms with E-state index in [0.29, 0.717) is 17.7 Å². The van der Waals surface area contributed by atoms with Gasteiger partial charge in [-0.2, -0.15) is 5.26 Å². The fraction of sp³-hybridized carbons (Fsp3) is 0.160. The van der Waals surface area contributed by atoms with Crippen molar-refractivity contribution in [2.24, 2.45) is 0 Å². The number of nitriles is 1. The molecule has 148 valence electrons. The molecule has 0 unspecified atom stereocenters. The second-order valence-corrected chi connectivity index (χ2v) is 7.18. The lowest BCUT2D eigenvalue weighted by atomic mass is 10.0. The van der Waals surface area contributed by atoms with Gasteiger partial charge in [0.05, 0.1) is 18.1 Å². The fourth-order valence-electron chi connectivity index (χ4n) is 3.50. The lowest BCUT2D eigenvalue weighted by Gasteiger charge is -2.15. The maximum absolute atomic E-state index is 12.3. The van der Waals surface area contributed by atoms with Crippen LogP contribution in [0.3, 0.4) is 0 Å². The smallest absolute Gasteiger partial charge is 0.315 e. The van der Waals surface area contributed by atoms with Gasteiger partial charge in [-0.15, -0.1) is 0 Å². The highest BCUT2D eigenvalue weighted by atomic mass is 16.5. The number of carbonyl (C=O) groups excluding carboxylic acids is 2. The first-order chi connectivity index (χ1) is 14.6. The largest absolute Gasteiger partial charge is 0.426 e. The summed E-state index contributed by atoms with van der Waals surface area (Å²) in [6, 6.07) is 24.2. The Labute approximate surface area is 175 Å². The Morgan fingerprint density at radius 2 is 1.57 bits per heavy atom. The molecule has 5 heteroatoms. The summed E-state index contributed by atoms with van der Waals surface area (Å²) in [7, 11) is 0. The van der Waals surface area contributed by atoms with Gasteiger partial charge in [0.1, 0.15) is 5.75 Å². The van der Waals surface area contributed by atoms with Crippen molar-refractivity contribution in [3.05, 3.63) is 83.9 Å². The van der Waals surface area contributed by atoms with E-state index in [1.165, 1.54) is 0 Å². The summed E-state index contributed by atoms with van der Waals surface area (Å²) in [5.41, 5.74) is 4.29. The molecule has 5 nitrogen and oxygen atoms in total. The fourth-order valence-corrected chi connectivity index (χ4v) is 3.50. The monoisotopic (exact) mass is 396 g/mol. The summed E-state index contributed by atoms with van der Waals surface area (Å²) in [6.45, 7) is 0.749. The molecule has 0 radical (unpaired) electrons. The number of anilines is 1. The first-order valence-corrected chi connectivity index (χ1v) is 9.83. The Hall–Kier alpha value is -3.91. The molecular formula is C25H20N2O3. The van der Waals surface area contributed by atoms with E-state index in [2.05, 4.69) is 6.07 Å². The van der Waals surface area contributed by atoms with Gasteiger partial charge in [-0.25, -0.2) is 0 Å². The van der Waals surface area contributed by atoms with Gasteiger partial charge in [-0.1, -0.05) is 36.4 Å². The van der Waals surface area contributed by atoms with Crippen molar-refractivity contribution in [2.45, 2.75) is 19.3 Å². The zero-order valence-electron chi connectivity index (χ0n) is 16.4. The topological polar surface area (TPSA) is 70.4 Å². The number of hydrogen-bond acceptors (Lipinski definition) is 4. The Morgan fingerprint density at radius 3 is 2.13 bits per heavy atom. The van der Waals surface area contributed by atoms with E-state index in [0.717, 1.165) is 35.3 Å². The van der Waals surface area contributed by atoms with Crippen molar-refractivity contribution in [3.8, 4) is 22.9 Å². The van der Waals surface area contributed by atoms with Gasteiger partial charge in [0.25, 0.3) is 0 Å². The zero-order valence-corrected chi connectivity index (χ0v) is 16.4. The molecule has 0 spiro atoms. The maximum atomic E-state index is 12.3. The highest BCUT2D eigenvalue weighted by Gasteiger charge is 2.21. The van der Waals surface area contributed by atoms with Gasteiger partial charge in [-0.05, 0) is 59.5 Å². The third kappa shape index (κ3) is 4.39. The molecular weight excluding hydrogens is 376 g/mol. The number of ether oxygens (including phenoxy) is 1. The number of carbonyl (C=O) groups is 2. The Balaban J connectivity index is 1.35. The number of amides is 1. The molecule has 4 rings (SSSR count). The van der Waals surface area contributed by atoms with Crippen LogP contribution in [0.2, 0.25) is 0 Å². The third-order valence-corrected chi connectivity index (χ3v) is 5.10. The van der Waals surface area contributed by atoms with E-state index in [9.17, 15) is 9.59 Å². The number of rotatable bonds is 5. The van der Waals surface area contributed by atoms with Crippen molar-refractivity contribution < 1.29 is 14.3 Å². The van der Waals surface area contributed by atoms with E-state index in [1.54, 1.807) is 29.2 Å². The molecule has 1 amide bonds. The minimum atomic E-state index is -0.342. The molecule has 0 saturated carbocycles. The van der Waals surface area contributed by atoms with Crippen LogP contribution in [-0.2, 0) is 16.0 Å². The van der Waals surface area contributed by atoms with Crippen molar-refractivity contribution in [3.63, 3.8) is 0 Å². The molecule has 1 aliphatic rings. The summed E-state index contributed by atoms with van der Waals surface area (Å²) in [4.78, 5) is 25.9. The lowest BCUT2D eigenvalue weighted by molar-refractivity contribution is -0.133. The highest BCUT2D eigenvalue weighted by molar-refractivity contribution is 5.95. The summed E-state index contributed by atoms with van der Waals surface area (Å²) < 4.78 is 5.45. The van der Waals surface area contributed by atoms with Crippen LogP contribution in [-0.4, -0.2) is 18.4 Å². The maximum Gasteiger partial charge on any atom is 0.315 e. The number of benzene rings is 3. The molecule has 0 N–H and O–H groups in total. The first-order valence-electron chi connectivity index (χ1n) is 9.83. The standard InChI is InChI=1S/C25H20N2O3/c26-17-19-3-7-20(8-4-19)21-9-13-23(14-10-21)30-25(29)16-18-5-11-22(12-6-18)27-15-1-2-24(27)28/h3-14H,1-2,15-16H2. The van der Waals surface area contributed by atoms with Gasteiger partial charge in [-0.3, -0.25) is 9.59 Å². The van der Waals surface area contributed by atoms with E-state index in [4.69, 9.17) is 10.00 Å². The average Bonchev–Trinajstić information content (AvgIpc) is 3.21. The predicted molar refractivity (Wildman–Crippen MR) is 114 cm³/mol. The van der Waals surface area contributed by atoms with Gasteiger partial charge >= 0.3 is 5.97 Å². The molecule has 0 aliphatic carbocycles. The van der Waals surface area contributed by atoms with Crippen LogP contribution < -0.4 is 9.64 Å². The Morgan fingerprint density at radius 1 is 0.933 bits per heavy atom. The van der Waals surface area contributed by atoms with E-state index >= 15 is 0 Å². The van der Waals surface area contributed by atoms with Crippen LogP contribution in [0.1, 0.15) is 24.0 Å². The van der Waals surface area contributed by atoms with Crippen LogP contribution in [0.15, 0.2) is 72.8 Å². The molecule has 0 atom stereocenters. The molecule has 1 fully saturated rings. The SMILES string of the molecule is N#Cc1ccc(-c2ccc(OC(=O)Cc3ccc(N4CCCC4=O)cc3)cc2)cc1. The molecule has 3 aromatic carbocycles. The number of esters is 1. The van der Waals surface area contributed by atoms with Crippen LogP contribution in [0.4, 0.5) is 5.69 Å². The van der Waals surface area contributed by atoms with E-state index in [-0.39, 0.29) is 18.3 Å². The lowest BCUT2D eigenvalue weighted by Crippen LogP contribution is -2.23. The quantitative estimate of drug-likeness (QED) is 0.470. The van der Waals surface area contributed by atoms with Crippen molar-refractivity contribution in [2.75, 3.05) is 11.4 Å². The summed E-state index contributed by atoms with van der Waals surface area (Å²) >= 11 is 0. The normalized spacial score (nSPS) is 13.2. The number of nitrogens with zero attached hydrogens (tertiary/aromatic N) is 2. The minimum Gasteiger partial charge on any atom is -0.426 e. The van der Waals surface area contributed by atoms with Crippen LogP contribution in [0.25, 0.3) is 11.1 Å². The second kappa shape index (κ2) is 8.62. The molecule has 0 aromatic heterocycles. The summed E-state index contributed by atoms with van der Waals surface area (Å²) in [6.07, 6.45) is 1.64. The van der Waals surface area contributed by atoms with E-state index < -0.39 is 0 Å². The number of hydrogen-bond donors (Lipinski definition) is 0. The van der Waals surface area contributed by atoms with Crippen LogP contribution in [0.5, 0.6) is 5.75 Å². The van der Waals surface area contributed by atoms with Gasteiger partial charge in [0, 0.05) is 18.7 Å². The molecule has 1 heterocycles. The van der Waals surface area contributed by atoms with Crippen molar-refractivity contribution >= 4 is 17.6 Å². The highest BCUT2D eigenvalue weighted by Crippen LogP contribution is 2.24. The van der Waals surface area contributed by atoms with Crippen molar-refractivity contribution in [1.29, 1.82) is 5.26 Å². The molecule has 3 aromatic rings. The molecule has 30 heavy (non-hydrogen) atoms. The van der Waals surface area contributed by atoms with Crippen molar-refractivity contribution in [1.82, 2.24) is 0 Å². The van der Waals surface area contributed by atoms with Crippen LogP contribution in [0, 0.1) is 11.3 Å². The van der Waals surface area contributed by atoms with Gasteiger partial charge < -0.3 is 9.64 Å². The predicted octanol–water partition coefficient (Wildman–Crippen LogP) is 4.50. The van der Waals surface area contributed by atoms with E-state index in [1.807, 2.05) is 48.5 Å². The summed E-state index contributed by atoms with van der Waals surface area (Å²) in [5, 5.41) is 8.88. The van der Waals surface area contributed by atoms with Gasteiger partial charge in [0.15, 0.2) is 0 Å². The van der Waals surface area contributed by atoms with Gasteiger partial charge in [0.2, 0.25) is 5.91 Å². The second-order valence-electron chi connectivity index (χ2n) is 7.18. The molecule has 1 aliphatic heterocycles. The Kier molecular flexibility index (Phi) is 5.58. The molecule has 0 bridgehead atoms. The average molecular weight is 396 g/mol. The first kappa shape index (κ1) is 19.4. The third-order valence-electron chi connectivity index (χ3n) is 5.10. The Bertz CT molecular complexity index is 1100. The molecule has 1 saturated heterocycles.